The van der Waals surface area contributed by atoms with Crippen molar-refractivity contribution in [2.75, 3.05) is 30.4 Å². The van der Waals surface area contributed by atoms with E-state index in [1.807, 2.05) is 49.0 Å². The third-order valence-electron chi connectivity index (χ3n) is 6.09. The number of carbonyl (C=O) groups excluding carboxylic acids is 1. The number of benzene rings is 3. The molecule has 2 aliphatic rings. The minimum absolute atomic E-state index is 0.0777. The van der Waals surface area contributed by atoms with Gasteiger partial charge in [-0.25, -0.2) is 0 Å². The smallest absolute Gasteiger partial charge is 0.251 e. The molecule has 0 spiro atoms. The average Bonchev–Trinajstić information content (AvgIpc) is 2.85. The van der Waals surface area contributed by atoms with Crippen molar-refractivity contribution in [3.63, 3.8) is 0 Å². The van der Waals surface area contributed by atoms with Gasteiger partial charge in [0.15, 0.2) is 11.5 Å². The molecule has 5 rings (SSSR count). The van der Waals surface area contributed by atoms with Crippen LogP contribution in [0.2, 0.25) is 0 Å². The van der Waals surface area contributed by atoms with Crippen LogP contribution in [-0.4, -0.2) is 31.4 Å². The van der Waals surface area contributed by atoms with Crippen molar-refractivity contribution >= 4 is 23.4 Å². The number of hydrogen-bond donors (Lipinski definition) is 1. The van der Waals surface area contributed by atoms with Crippen LogP contribution in [0.5, 0.6) is 11.5 Å². The maximum Gasteiger partial charge on any atom is 0.251 e. The van der Waals surface area contributed by atoms with Crippen molar-refractivity contribution in [1.82, 2.24) is 5.32 Å². The Labute approximate surface area is 199 Å². The highest BCUT2D eigenvalue weighted by atomic mass is 32.2. The summed E-state index contributed by atoms with van der Waals surface area (Å²) in [4.78, 5) is 16.7. The van der Waals surface area contributed by atoms with Crippen molar-refractivity contribution in [2.45, 2.75) is 31.3 Å². The van der Waals surface area contributed by atoms with E-state index in [1.54, 1.807) is 0 Å². The lowest BCUT2D eigenvalue weighted by atomic mass is 10.1. The first-order valence-corrected chi connectivity index (χ1v) is 12.3. The number of aryl methyl sites for hydroxylation is 1. The van der Waals surface area contributed by atoms with Crippen LogP contribution < -0.4 is 19.7 Å². The van der Waals surface area contributed by atoms with E-state index in [2.05, 4.69) is 47.5 Å². The Hall–Kier alpha value is -3.12. The molecule has 0 aliphatic carbocycles. The van der Waals surface area contributed by atoms with E-state index < -0.39 is 0 Å². The topological polar surface area (TPSA) is 50.8 Å². The van der Waals surface area contributed by atoms with Crippen LogP contribution in [0.25, 0.3) is 0 Å². The van der Waals surface area contributed by atoms with Gasteiger partial charge >= 0.3 is 0 Å². The van der Waals surface area contributed by atoms with Gasteiger partial charge in [0.1, 0.15) is 13.2 Å². The van der Waals surface area contributed by atoms with Gasteiger partial charge in [0.25, 0.3) is 5.91 Å². The first-order valence-electron chi connectivity index (χ1n) is 11.3. The predicted molar refractivity (Wildman–Crippen MR) is 133 cm³/mol. The number of anilines is 1. The zero-order valence-corrected chi connectivity index (χ0v) is 19.8. The van der Waals surface area contributed by atoms with Crippen LogP contribution >= 0.6 is 11.8 Å². The summed E-state index contributed by atoms with van der Waals surface area (Å²) in [6.45, 7) is 7.01. The first-order chi connectivity index (χ1) is 16.1. The van der Waals surface area contributed by atoms with Crippen molar-refractivity contribution in [3.05, 3.63) is 82.9 Å². The summed E-state index contributed by atoms with van der Waals surface area (Å²) < 4.78 is 11.3. The number of fused-ring (bicyclic) bond motifs is 2. The highest BCUT2D eigenvalue weighted by molar-refractivity contribution is 7.99. The van der Waals surface area contributed by atoms with E-state index in [-0.39, 0.29) is 11.9 Å². The number of ether oxygens (including phenoxy) is 2. The van der Waals surface area contributed by atoms with Crippen molar-refractivity contribution in [3.8, 4) is 11.5 Å². The van der Waals surface area contributed by atoms with Gasteiger partial charge in [-0.3, -0.25) is 4.79 Å². The molecule has 1 N–H and O–H groups in total. The standard InChI is InChI=1S/C27H28N2O3S/c1-18-3-5-20(6-4-18)17-29-11-14-33-26-10-8-22(15-23(26)29)27(30)28-19(2)21-7-9-24-25(16-21)32-13-12-31-24/h3-10,15-16,19H,11-14,17H2,1-2H3,(H,28,30). The largest absolute Gasteiger partial charge is 0.486 e. The number of carbonyl (C=O) groups is 1. The summed E-state index contributed by atoms with van der Waals surface area (Å²) in [5.74, 6) is 2.46. The average molecular weight is 461 g/mol. The zero-order valence-electron chi connectivity index (χ0n) is 19.0. The minimum Gasteiger partial charge on any atom is -0.486 e. The minimum atomic E-state index is -0.151. The van der Waals surface area contributed by atoms with Crippen molar-refractivity contribution < 1.29 is 14.3 Å². The van der Waals surface area contributed by atoms with E-state index in [1.165, 1.54) is 16.0 Å². The third kappa shape index (κ3) is 4.81. The van der Waals surface area contributed by atoms with Crippen LogP contribution in [0.4, 0.5) is 5.69 Å². The van der Waals surface area contributed by atoms with Gasteiger partial charge in [0, 0.05) is 29.3 Å². The van der Waals surface area contributed by atoms with Gasteiger partial charge in [0.05, 0.1) is 11.7 Å². The molecule has 1 atom stereocenters. The Morgan fingerprint density at radius 3 is 2.64 bits per heavy atom. The predicted octanol–water partition coefficient (Wildman–Crippen LogP) is 5.37. The molecule has 0 aromatic heterocycles. The van der Waals surface area contributed by atoms with E-state index >= 15 is 0 Å². The van der Waals surface area contributed by atoms with Gasteiger partial charge in [0.2, 0.25) is 0 Å². The van der Waals surface area contributed by atoms with Gasteiger partial charge in [-0.15, -0.1) is 11.8 Å². The fourth-order valence-electron chi connectivity index (χ4n) is 4.18. The maximum absolute atomic E-state index is 13.1. The number of rotatable bonds is 5. The molecule has 0 radical (unpaired) electrons. The second kappa shape index (κ2) is 9.40. The molecule has 6 heteroatoms. The maximum atomic E-state index is 13.1. The van der Waals surface area contributed by atoms with E-state index in [9.17, 15) is 4.79 Å². The molecular formula is C27H28N2O3S. The number of amides is 1. The molecule has 0 saturated heterocycles. The lowest BCUT2D eigenvalue weighted by Crippen LogP contribution is -2.30. The van der Waals surface area contributed by atoms with Crippen molar-refractivity contribution in [2.24, 2.45) is 0 Å². The molecule has 2 aliphatic heterocycles. The Morgan fingerprint density at radius 1 is 1.03 bits per heavy atom. The first kappa shape index (κ1) is 21.7. The number of thioether (sulfide) groups is 1. The molecular weight excluding hydrogens is 432 g/mol. The molecule has 0 fully saturated rings. The molecule has 3 aromatic rings. The summed E-state index contributed by atoms with van der Waals surface area (Å²) in [7, 11) is 0. The SMILES string of the molecule is Cc1ccc(CN2CCSc3ccc(C(=O)NC(C)c4ccc5c(c4)OCCO5)cc32)cc1. The fourth-order valence-corrected chi connectivity index (χ4v) is 5.22. The lowest BCUT2D eigenvalue weighted by molar-refractivity contribution is 0.0939. The monoisotopic (exact) mass is 460 g/mol. The van der Waals surface area contributed by atoms with Gasteiger partial charge < -0.3 is 19.7 Å². The molecule has 170 valence electrons. The molecule has 5 nitrogen and oxygen atoms in total. The Balaban J connectivity index is 1.32. The number of nitrogens with one attached hydrogen (secondary N) is 1. The number of hydrogen-bond acceptors (Lipinski definition) is 5. The van der Waals surface area contributed by atoms with Crippen LogP contribution in [0, 0.1) is 6.92 Å². The second-order valence-electron chi connectivity index (χ2n) is 8.54. The normalized spacial score (nSPS) is 15.5. The fraction of sp³-hybridized carbons (Fsp3) is 0.296. The number of nitrogens with zero attached hydrogens (tertiary/aromatic N) is 1. The molecule has 1 amide bonds. The quantitative estimate of drug-likeness (QED) is 0.555. The van der Waals surface area contributed by atoms with E-state index in [4.69, 9.17) is 9.47 Å². The van der Waals surface area contributed by atoms with Crippen LogP contribution in [0.3, 0.4) is 0 Å². The summed E-state index contributed by atoms with van der Waals surface area (Å²) in [6.07, 6.45) is 0. The summed E-state index contributed by atoms with van der Waals surface area (Å²) >= 11 is 1.85. The Bertz CT molecular complexity index is 1160. The van der Waals surface area contributed by atoms with Crippen molar-refractivity contribution in [1.29, 1.82) is 0 Å². The van der Waals surface area contributed by atoms with Gasteiger partial charge in [-0.05, 0) is 55.3 Å². The molecule has 1 unspecified atom stereocenters. The summed E-state index contributed by atoms with van der Waals surface area (Å²) in [6, 6.07) is 20.4. The van der Waals surface area contributed by atoms with Crippen LogP contribution in [0.15, 0.2) is 65.6 Å². The Kier molecular flexibility index (Phi) is 6.18. The highest BCUT2D eigenvalue weighted by Gasteiger charge is 2.21. The zero-order chi connectivity index (χ0) is 22.8. The van der Waals surface area contributed by atoms with E-state index in [0.29, 0.717) is 18.8 Å². The van der Waals surface area contributed by atoms with Crippen LogP contribution in [-0.2, 0) is 6.54 Å². The Morgan fingerprint density at radius 2 is 1.82 bits per heavy atom. The second-order valence-corrected chi connectivity index (χ2v) is 9.67. The summed E-state index contributed by atoms with van der Waals surface area (Å²) in [5.41, 5.74) is 5.34. The van der Waals surface area contributed by atoms with Gasteiger partial charge in [-0.2, -0.15) is 0 Å². The highest BCUT2D eigenvalue weighted by Crippen LogP contribution is 2.37. The van der Waals surface area contributed by atoms with Crippen LogP contribution in [0.1, 0.15) is 40.0 Å². The molecule has 0 bridgehead atoms. The lowest BCUT2D eigenvalue weighted by Gasteiger charge is -2.31. The summed E-state index contributed by atoms with van der Waals surface area (Å²) in [5, 5.41) is 3.14. The molecule has 3 aromatic carbocycles. The molecule has 0 saturated carbocycles. The molecule has 33 heavy (non-hydrogen) atoms. The van der Waals surface area contributed by atoms with E-state index in [0.717, 1.165) is 41.6 Å². The third-order valence-corrected chi connectivity index (χ3v) is 7.13. The molecule has 2 heterocycles. The van der Waals surface area contributed by atoms with Gasteiger partial charge in [-0.1, -0.05) is 35.9 Å².